The van der Waals surface area contributed by atoms with E-state index in [1.54, 1.807) is 29.7 Å². The van der Waals surface area contributed by atoms with E-state index in [9.17, 15) is 4.79 Å². The monoisotopic (exact) mass is 334 g/mol. The number of hydrogen-bond acceptors (Lipinski definition) is 4. The van der Waals surface area contributed by atoms with Gasteiger partial charge in [0, 0.05) is 10.9 Å². The molecule has 0 N–H and O–H groups in total. The molecule has 3 heterocycles. The zero-order chi connectivity index (χ0) is 16.4. The SMILES string of the molecule is O=c1ccc(-c2ccnn2-c2ccccc2)nn1Cc1cccs1. The van der Waals surface area contributed by atoms with Crippen molar-refractivity contribution in [3.63, 3.8) is 0 Å². The number of aromatic nitrogens is 4. The molecule has 0 unspecified atom stereocenters. The Hall–Kier alpha value is -2.99. The Labute approximate surface area is 142 Å². The maximum atomic E-state index is 12.1. The molecule has 3 aromatic heterocycles. The quantitative estimate of drug-likeness (QED) is 0.576. The Morgan fingerprint density at radius 1 is 0.958 bits per heavy atom. The highest BCUT2D eigenvalue weighted by molar-refractivity contribution is 7.09. The van der Waals surface area contributed by atoms with Crippen molar-refractivity contribution in [1.29, 1.82) is 0 Å². The van der Waals surface area contributed by atoms with E-state index >= 15 is 0 Å². The standard InChI is InChI=1S/C18H14N4OS/c23-18-9-8-16(20-21(18)13-15-7-4-12-24-15)17-10-11-19-22(17)14-5-2-1-3-6-14/h1-12H,13H2. The molecule has 1 aromatic carbocycles. The summed E-state index contributed by atoms with van der Waals surface area (Å²) in [6.07, 6.45) is 1.73. The highest BCUT2D eigenvalue weighted by Gasteiger charge is 2.10. The fourth-order valence-corrected chi connectivity index (χ4v) is 3.21. The molecule has 0 aliphatic rings. The maximum absolute atomic E-state index is 12.1. The average molecular weight is 334 g/mol. The Balaban J connectivity index is 1.76. The molecule has 4 rings (SSSR count). The number of nitrogens with zero attached hydrogens (tertiary/aromatic N) is 4. The summed E-state index contributed by atoms with van der Waals surface area (Å²) < 4.78 is 3.31. The van der Waals surface area contributed by atoms with E-state index in [0.29, 0.717) is 12.2 Å². The third kappa shape index (κ3) is 2.79. The van der Waals surface area contributed by atoms with Crippen LogP contribution in [0.4, 0.5) is 0 Å². The average Bonchev–Trinajstić information content (AvgIpc) is 3.29. The second-order valence-corrected chi connectivity index (χ2v) is 6.29. The van der Waals surface area contributed by atoms with Crippen molar-refractivity contribution in [3.05, 3.63) is 87.5 Å². The summed E-state index contributed by atoms with van der Waals surface area (Å²) in [6, 6.07) is 19.0. The predicted molar refractivity (Wildman–Crippen MR) is 94.5 cm³/mol. The van der Waals surface area contributed by atoms with E-state index in [1.807, 2.05) is 58.6 Å². The molecule has 0 aliphatic carbocycles. The van der Waals surface area contributed by atoms with Gasteiger partial charge >= 0.3 is 0 Å². The van der Waals surface area contributed by atoms with Crippen LogP contribution in [0, 0.1) is 0 Å². The first-order valence-corrected chi connectivity index (χ1v) is 8.39. The number of hydrogen-bond donors (Lipinski definition) is 0. The third-order valence-corrected chi connectivity index (χ3v) is 4.52. The van der Waals surface area contributed by atoms with E-state index in [0.717, 1.165) is 16.3 Å². The molecule has 0 bridgehead atoms. The molecule has 0 spiro atoms. The molecular formula is C18H14N4OS. The predicted octanol–water partition coefficient (Wildman–Crippen LogP) is 3.21. The highest BCUT2D eigenvalue weighted by Crippen LogP contribution is 2.19. The summed E-state index contributed by atoms with van der Waals surface area (Å²) in [4.78, 5) is 13.2. The van der Waals surface area contributed by atoms with Gasteiger partial charge in [0.15, 0.2) is 0 Å². The number of rotatable bonds is 4. The zero-order valence-corrected chi connectivity index (χ0v) is 13.6. The topological polar surface area (TPSA) is 52.7 Å². The van der Waals surface area contributed by atoms with Gasteiger partial charge in [-0.15, -0.1) is 11.3 Å². The summed E-state index contributed by atoms with van der Waals surface area (Å²) in [5.41, 5.74) is 2.40. The van der Waals surface area contributed by atoms with Gasteiger partial charge in [-0.2, -0.15) is 10.2 Å². The van der Waals surface area contributed by atoms with E-state index < -0.39 is 0 Å². The van der Waals surface area contributed by atoms with Crippen LogP contribution in [0.1, 0.15) is 4.88 Å². The number of para-hydroxylation sites is 1. The van der Waals surface area contributed by atoms with Gasteiger partial charge in [-0.25, -0.2) is 9.36 Å². The van der Waals surface area contributed by atoms with Crippen LogP contribution in [0.2, 0.25) is 0 Å². The van der Waals surface area contributed by atoms with Gasteiger partial charge in [-0.1, -0.05) is 24.3 Å². The molecule has 6 heteroatoms. The van der Waals surface area contributed by atoms with Crippen LogP contribution in [-0.2, 0) is 6.54 Å². The van der Waals surface area contributed by atoms with Crippen molar-refractivity contribution in [2.45, 2.75) is 6.54 Å². The summed E-state index contributed by atoms with van der Waals surface area (Å²) in [5.74, 6) is 0. The van der Waals surface area contributed by atoms with E-state index in [-0.39, 0.29) is 5.56 Å². The number of benzene rings is 1. The van der Waals surface area contributed by atoms with E-state index in [2.05, 4.69) is 10.2 Å². The van der Waals surface area contributed by atoms with Crippen LogP contribution in [0.25, 0.3) is 17.1 Å². The van der Waals surface area contributed by atoms with Crippen LogP contribution < -0.4 is 5.56 Å². The Bertz CT molecular complexity index is 1000. The second kappa shape index (κ2) is 6.25. The van der Waals surface area contributed by atoms with E-state index in [4.69, 9.17) is 0 Å². The minimum atomic E-state index is -0.113. The lowest BCUT2D eigenvalue weighted by Gasteiger charge is -2.09. The minimum Gasteiger partial charge on any atom is -0.268 e. The molecule has 24 heavy (non-hydrogen) atoms. The van der Waals surface area contributed by atoms with Crippen molar-refractivity contribution >= 4 is 11.3 Å². The van der Waals surface area contributed by atoms with Crippen molar-refractivity contribution in [1.82, 2.24) is 19.6 Å². The largest absolute Gasteiger partial charge is 0.268 e. The first kappa shape index (κ1) is 14.6. The molecule has 0 amide bonds. The van der Waals surface area contributed by atoms with Gasteiger partial charge in [0.2, 0.25) is 0 Å². The smallest absolute Gasteiger partial charge is 0.267 e. The van der Waals surface area contributed by atoms with Crippen molar-refractivity contribution in [3.8, 4) is 17.1 Å². The van der Waals surface area contributed by atoms with Crippen molar-refractivity contribution < 1.29 is 0 Å². The number of thiophene rings is 1. The fourth-order valence-electron chi connectivity index (χ4n) is 2.52. The first-order chi connectivity index (χ1) is 11.8. The normalized spacial score (nSPS) is 10.8. The van der Waals surface area contributed by atoms with Gasteiger partial charge in [-0.3, -0.25) is 4.79 Å². The van der Waals surface area contributed by atoms with Crippen LogP contribution in [0.5, 0.6) is 0 Å². The molecule has 0 atom stereocenters. The highest BCUT2D eigenvalue weighted by atomic mass is 32.1. The van der Waals surface area contributed by atoms with Crippen molar-refractivity contribution in [2.75, 3.05) is 0 Å². The fraction of sp³-hybridized carbons (Fsp3) is 0.0556. The van der Waals surface area contributed by atoms with Crippen LogP contribution in [0.3, 0.4) is 0 Å². The Morgan fingerprint density at radius 3 is 2.62 bits per heavy atom. The lowest BCUT2D eigenvalue weighted by Crippen LogP contribution is -2.22. The van der Waals surface area contributed by atoms with Crippen molar-refractivity contribution in [2.24, 2.45) is 0 Å². The second-order valence-electron chi connectivity index (χ2n) is 5.26. The molecule has 0 radical (unpaired) electrons. The molecule has 118 valence electrons. The lowest BCUT2D eigenvalue weighted by atomic mass is 10.2. The molecule has 0 saturated carbocycles. The molecule has 0 aliphatic heterocycles. The molecule has 0 fully saturated rings. The van der Waals surface area contributed by atoms with Crippen LogP contribution in [-0.4, -0.2) is 19.6 Å². The van der Waals surface area contributed by atoms with E-state index in [1.165, 1.54) is 4.68 Å². The Kier molecular flexibility index (Phi) is 3.80. The van der Waals surface area contributed by atoms with Gasteiger partial charge < -0.3 is 0 Å². The Morgan fingerprint density at radius 2 is 1.83 bits per heavy atom. The van der Waals surface area contributed by atoms with Crippen LogP contribution in [0.15, 0.2) is 77.0 Å². The third-order valence-electron chi connectivity index (χ3n) is 3.66. The first-order valence-electron chi connectivity index (χ1n) is 7.52. The van der Waals surface area contributed by atoms with Gasteiger partial charge in [0.1, 0.15) is 5.69 Å². The van der Waals surface area contributed by atoms with Gasteiger partial charge in [0.05, 0.1) is 24.1 Å². The molecule has 4 aromatic rings. The minimum absolute atomic E-state index is 0.113. The van der Waals surface area contributed by atoms with Crippen LogP contribution >= 0.6 is 11.3 Å². The summed E-state index contributed by atoms with van der Waals surface area (Å²) in [7, 11) is 0. The molecular weight excluding hydrogens is 320 g/mol. The molecule has 0 saturated heterocycles. The summed E-state index contributed by atoms with van der Waals surface area (Å²) in [5, 5.41) is 10.9. The lowest BCUT2D eigenvalue weighted by molar-refractivity contribution is 0.647. The summed E-state index contributed by atoms with van der Waals surface area (Å²) >= 11 is 1.61. The van der Waals surface area contributed by atoms with Gasteiger partial charge in [-0.05, 0) is 35.7 Å². The summed E-state index contributed by atoms with van der Waals surface area (Å²) in [6.45, 7) is 0.476. The zero-order valence-electron chi connectivity index (χ0n) is 12.7. The maximum Gasteiger partial charge on any atom is 0.267 e. The van der Waals surface area contributed by atoms with Gasteiger partial charge in [0.25, 0.3) is 5.56 Å². The molecule has 5 nitrogen and oxygen atoms in total.